The molecule has 4 nitrogen and oxygen atoms in total. The number of hydrogen-bond acceptors (Lipinski definition) is 2. The molecule has 0 saturated carbocycles. The smallest absolute Gasteiger partial charge is 0.348 e. The number of halogens is 3. The van der Waals surface area contributed by atoms with E-state index in [-0.39, 0.29) is 18.4 Å². The number of nitrogens with one attached hydrogen (secondary N) is 1. The van der Waals surface area contributed by atoms with Gasteiger partial charge in [-0.05, 0) is 37.7 Å². The average molecular weight is 356 g/mol. The number of benzene rings is 1. The van der Waals surface area contributed by atoms with Crippen molar-refractivity contribution in [2.45, 2.75) is 38.8 Å². The molecule has 25 heavy (non-hydrogen) atoms. The zero-order valence-corrected chi connectivity index (χ0v) is 14.2. The third-order valence-electron chi connectivity index (χ3n) is 4.52. The lowest BCUT2D eigenvalue weighted by Gasteiger charge is -2.32. The number of alkyl halides is 3. The summed E-state index contributed by atoms with van der Waals surface area (Å²) in [5, 5.41) is 1.92. The standard InChI is InChI=1S/C18H23F3N2O2/c1-13-2-4-14(5-3-13)6-7-16(24)23-10-8-15(9-11-23)12-22-17(25)18(19,20)21/h2-5,15H,6-12H2,1H3,(H,22,25). The first-order chi connectivity index (χ1) is 11.8. The van der Waals surface area contributed by atoms with Crippen molar-refractivity contribution in [3.8, 4) is 0 Å². The second-order valence-corrected chi connectivity index (χ2v) is 6.52. The van der Waals surface area contributed by atoms with Crippen LogP contribution in [0.3, 0.4) is 0 Å². The van der Waals surface area contributed by atoms with Gasteiger partial charge in [0.05, 0.1) is 0 Å². The molecule has 1 aromatic rings. The second kappa shape index (κ2) is 8.36. The lowest BCUT2D eigenvalue weighted by molar-refractivity contribution is -0.173. The molecule has 1 aliphatic rings. The highest BCUT2D eigenvalue weighted by Gasteiger charge is 2.38. The Kier molecular flexibility index (Phi) is 6.45. The molecule has 0 atom stereocenters. The molecular formula is C18H23F3N2O2. The molecule has 0 bridgehead atoms. The minimum atomic E-state index is -4.84. The Morgan fingerprint density at radius 3 is 2.32 bits per heavy atom. The van der Waals surface area contributed by atoms with Gasteiger partial charge in [-0.2, -0.15) is 13.2 Å². The van der Waals surface area contributed by atoms with Crippen molar-refractivity contribution < 1.29 is 22.8 Å². The summed E-state index contributed by atoms with van der Waals surface area (Å²) in [4.78, 5) is 24.8. The van der Waals surface area contributed by atoms with Gasteiger partial charge in [-0.1, -0.05) is 29.8 Å². The number of piperidine rings is 1. The van der Waals surface area contributed by atoms with Gasteiger partial charge < -0.3 is 10.2 Å². The normalized spacial score (nSPS) is 15.9. The highest BCUT2D eigenvalue weighted by atomic mass is 19.4. The first-order valence-corrected chi connectivity index (χ1v) is 8.44. The molecule has 0 spiro atoms. The van der Waals surface area contributed by atoms with Gasteiger partial charge in [0.25, 0.3) is 0 Å². The molecule has 1 fully saturated rings. The van der Waals surface area contributed by atoms with Crippen molar-refractivity contribution in [2.75, 3.05) is 19.6 Å². The van der Waals surface area contributed by atoms with Crippen LogP contribution in [0.2, 0.25) is 0 Å². The molecule has 0 unspecified atom stereocenters. The second-order valence-electron chi connectivity index (χ2n) is 6.52. The zero-order chi connectivity index (χ0) is 18.4. The molecule has 138 valence electrons. The van der Waals surface area contributed by atoms with Gasteiger partial charge >= 0.3 is 12.1 Å². The molecule has 2 rings (SSSR count). The molecule has 1 heterocycles. The molecule has 1 aliphatic heterocycles. The Morgan fingerprint density at radius 2 is 1.76 bits per heavy atom. The summed E-state index contributed by atoms with van der Waals surface area (Å²) in [5.74, 6) is -1.85. The number of amides is 2. The maximum atomic E-state index is 12.3. The van der Waals surface area contributed by atoms with Crippen molar-refractivity contribution in [1.29, 1.82) is 0 Å². The van der Waals surface area contributed by atoms with E-state index in [9.17, 15) is 22.8 Å². The van der Waals surface area contributed by atoms with Crippen LogP contribution in [-0.2, 0) is 16.0 Å². The maximum absolute atomic E-state index is 12.3. The van der Waals surface area contributed by atoms with Crippen LogP contribution in [0.25, 0.3) is 0 Å². The van der Waals surface area contributed by atoms with Crippen molar-refractivity contribution in [3.63, 3.8) is 0 Å². The van der Waals surface area contributed by atoms with Gasteiger partial charge in [0, 0.05) is 26.1 Å². The summed E-state index contributed by atoms with van der Waals surface area (Å²) in [6.45, 7) is 3.07. The van der Waals surface area contributed by atoms with E-state index in [4.69, 9.17) is 0 Å². The third-order valence-corrected chi connectivity index (χ3v) is 4.52. The van der Waals surface area contributed by atoms with Gasteiger partial charge in [-0.3, -0.25) is 9.59 Å². The quantitative estimate of drug-likeness (QED) is 0.882. The third kappa shape index (κ3) is 6.07. The molecular weight excluding hydrogens is 333 g/mol. The Balaban J connectivity index is 1.69. The zero-order valence-electron chi connectivity index (χ0n) is 14.2. The van der Waals surface area contributed by atoms with Crippen LogP contribution in [0.15, 0.2) is 24.3 Å². The van der Waals surface area contributed by atoms with Crippen LogP contribution in [-0.4, -0.2) is 42.5 Å². The predicted octanol–water partition coefficient (Wildman–Crippen LogP) is 2.84. The van der Waals surface area contributed by atoms with Crippen LogP contribution < -0.4 is 5.32 Å². The van der Waals surface area contributed by atoms with Gasteiger partial charge in [-0.15, -0.1) is 0 Å². The highest BCUT2D eigenvalue weighted by Crippen LogP contribution is 2.19. The van der Waals surface area contributed by atoms with E-state index >= 15 is 0 Å². The monoisotopic (exact) mass is 356 g/mol. The van der Waals surface area contributed by atoms with E-state index < -0.39 is 12.1 Å². The van der Waals surface area contributed by atoms with E-state index in [0.29, 0.717) is 38.8 Å². The Hall–Kier alpha value is -2.05. The van der Waals surface area contributed by atoms with Gasteiger partial charge in [0.15, 0.2) is 0 Å². The van der Waals surface area contributed by atoms with Gasteiger partial charge in [-0.25, -0.2) is 0 Å². The van der Waals surface area contributed by atoms with Crippen LogP contribution in [0.1, 0.15) is 30.4 Å². The van der Waals surface area contributed by atoms with Gasteiger partial charge in [0.1, 0.15) is 0 Å². The van der Waals surface area contributed by atoms with Crippen LogP contribution >= 0.6 is 0 Å². The van der Waals surface area contributed by atoms with E-state index in [1.165, 1.54) is 5.56 Å². The largest absolute Gasteiger partial charge is 0.471 e. The number of hydrogen-bond donors (Lipinski definition) is 1. The number of aryl methyl sites for hydroxylation is 2. The van der Waals surface area contributed by atoms with Crippen LogP contribution in [0.4, 0.5) is 13.2 Å². The summed E-state index contributed by atoms with van der Waals surface area (Å²) in [6, 6.07) is 8.05. The first kappa shape index (κ1) is 19.3. The van der Waals surface area contributed by atoms with E-state index in [1.54, 1.807) is 4.90 Å². The molecule has 0 aromatic heterocycles. The molecule has 0 radical (unpaired) electrons. The summed E-state index contributed by atoms with van der Waals surface area (Å²) < 4.78 is 36.5. The van der Waals surface area contributed by atoms with E-state index in [1.807, 2.05) is 36.5 Å². The number of likely N-dealkylation sites (tertiary alicyclic amines) is 1. The molecule has 7 heteroatoms. The fourth-order valence-electron chi connectivity index (χ4n) is 2.89. The van der Waals surface area contributed by atoms with Crippen molar-refractivity contribution in [1.82, 2.24) is 10.2 Å². The SMILES string of the molecule is Cc1ccc(CCC(=O)N2CCC(CNC(=O)C(F)(F)F)CC2)cc1. The fourth-order valence-corrected chi connectivity index (χ4v) is 2.89. The Bertz CT molecular complexity index is 591. The van der Waals surface area contributed by atoms with Crippen molar-refractivity contribution >= 4 is 11.8 Å². The Morgan fingerprint density at radius 1 is 1.16 bits per heavy atom. The molecule has 1 N–H and O–H groups in total. The average Bonchev–Trinajstić information content (AvgIpc) is 2.58. The maximum Gasteiger partial charge on any atom is 0.471 e. The van der Waals surface area contributed by atoms with E-state index in [2.05, 4.69) is 0 Å². The fraction of sp³-hybridized carbons (Fsp3) is 0.556. The van der Waals surface area contributed by atoms with Crippen LogP contribution in [0.5, 0.6) is 0 Å². The number of carbonyl (C=O) groups excluding carboxylic acids is 2. The summed E-state index contributed by atoms with van der Waals surface area (Å²) >= 11 is 0. The lowest BCUT2D eigenvalue weighted by atomic mass is 9.96. The summed E-state index contributed by atoms with van der Waals surface area (Å²) in [6.07, 6.45) is -2.52. The highest BCUT2D eigenvalue weighted by molar-refractivity contribution is 5.81. The molecule has 1 aromatic carbocycles. The summed E-state index contributed by atoms with van der Waals surface area (Å²) in [7, 11) is 0. The first-order valence-electron chi connectivity index (χ1n) is 8.44. The Labute approximate surface area is 145 Å². The number of carbonyl (C=O) groups is 2. The topological polar surface area (TPSA) is 49.4 Å². The minimum Gasteiger partial charge on any atom is -0.348 e. The van der Waals surface area contributed by atoms with E-state index in [0.717, 1.165) is 5.56 Å². The van der Waals surface area contributed by atoms with Crippen molar-refractivity contribution in [3.05, 3.63) is 35.4 Å². The molecule has 2 amide bonds. The van der Waals surface area contributed by atoms with Gasteiger partial charge in [0.2, 0.25) is 5.91 Å². The van der Waals surface area contributed by atoms with Crippen molar-refractivity contribution in [2.24, 2.45) is 5.92 Å². The number of nitrogens with zero attached hydrogens (tertiary/aromatic N) is 1. The predicted molar refractivity (Wildman–Crippen MR) is 87.9 cm³/mol. The molecule has 0 aliphatic carbocycles. The number of rotatable bonds is 5. The van der Waals surface area contributed by atoms with Crippen LogP contribution in [0, 0.1) is 12.8 Å². The minimum absolute atomic E-state index is 0.00371. The lowest BCUT2D eigenvalue weighted by Crippen LogP contribution is -2.44. The summed E-state index contributed by atoms with van der Waals surface area (Å²) in [5.41, 5.74) is 2.29. The molecule has 1 saturated heterocycles.